The fourth-order valence-corrected chi connectivity index (χ4v) is 2.51. The molecule has 0 bridgehead atoms. The van der Waals surface area contributed by atoms with E-state index in [0.29, 0.717) is 18.7 Å². The number of hydrogen-bond acceptors (Lipinski definition) is 4. The first-order valence-electron chi connectivity index (χ1n) is 5.51. The van der Waals surface area contributed by atoms with Crippen LogP contribution in [-0.4, -0.2) is 23.4 Å². The van der Waals surface area contributed by atoms with Crippen molar-refractivity contribution in [2.24, 2.45) is 5.73 Å². The van der Waals surface area contributed by atoms with Crippen LogP contribution in [0.25, 0.3) is 0 Å². The zero-order valence-electron chi connectivity index (χ0n) is 9.51. The highest BCUT2D eigenvalue weighted by Gasteiger charge is 2.34. The van der Waals surface area contributed by atoms with Crippen molar-refractivity contribution in [1.82, 2.24) is 0 Å². The second-order valence-electron chi connectivity index (χ2n) is 4.12. The maximum atomic E-state index is 11.3. The van der Waals surface area contributed by atoms with Crippen molar-refractivity contribution in [3.8, 4) is 0 Å². The van der Waals surface area contributed by atoms with Gasteiger partial charge in [0.25, 0.3) is 0 Å². The highest BCUT2D eigenvalue weighted by molar-refractivity contribution is 6.33. The Balaban J connectivity index is 2.48. The van der Waals surface area contributed by atoms with Crippen molar-refractivity contribution in [2.45, 2.75) is 18.9 Å². The van der Waals surface area contributed by atoms with Crippen LogP contribution in [0.2, 0.25) is 5.02 Å². The number of benzene rings is 1. The molecule has 1 unspecified atom stereocenters. The number of hydrogen-bond donors (Lipinski definition) is 1. The minimum atomic E-state index is -0.534. The smallest absolute Gasteiger partial charge is 0.310 e. The quantitative estimate of drug-likeness (QED) is 0.668. The molecule has 2 rings (SSSR count). The SMILES string of the molecule is NC(=O)C1CCCN1c1cccc(Cl)c1[N+](=O)[O-]. The Kier molecular flexibility index (Phi) is 3.38. The van der Waals surface area contributed by atoms with Gasteiger partial charge in [-0.25, -0.2) is 0 Å². The van der Waals surface area contributed by atoms with Crippen LogP contribution in [-0.2, 0) is 4.79 Å². The lowest BCUT2D eigenvalue weighted by Crippen LogP contribution is -2.40. The Morgan fingerprint density at radius 3 is 2.89 bits per heavy atom. The molecule has 0 radical (unpaired) electrons. The number of halogens is 1. The lowest BCUT2D eigenvalue weighted by Gasteiger charge is -2.24. The lowest BCUT2D eigenvalue weighted by molar-refractivity contribution is -0.384. The molecule has 1 heterocycles. The van der Waals surface area contributed by atoms with Crippen molar-refractivity contribution in [3.05, 3.63) is 33.3 Å². The molecule has 1 aliphatic heterocycles. The Labute approximate surface area is 108 Å². The molecule has 1 atom stereocenters. The summed E-state index contributed by atoms with van der Waals surface area (Å²) in [6.45, 7) is 0.564. The van der Waals surface area contributed by atoms with E-state index in [1.165, 1.54) is 6.07 Å². The molecule has 1 aromatic rings. The number of nitro benzene ring substituents is 1. The first-order valence-corrected chi connectivity index (χ1v) is 5.89. The molecule has 1 saturated heterocycles. The fraction of sp³-hybridized carbons (Fsp3) is 0.364. The van der Waals surface area contributed by atoms with Crippen molar-refractivity contribution in [3.63, 3.8) is 0 Å². The van der Waals surface area contributed by atoms with E-state index in [9.17, 15) is 14.9 Å². The van der Waals surface area contributed by atoms with Gasteiger partial charge in [-0.05, 0) is 25.0 Å². The monoisotopic (exact) mass is 269 g/mol. The fourth-order valence-electron chi connectivity index (χ4n) is 2.27. The van der Waals surface area contributed by atoms with E-state index in [1.54, 1.807) is 17.0 Å². The minimum Gasteiger partial charge on any atom is -0.368 e. The summed E-state index contributed by atoms with van der Waals surface area (Å²) >= 11 is 5.85. The van der Waals surface area contributed by atoms with Crippen molar-refractivity contribution in [2.75, 3.05) is 11.4 Å². The third-order valence-electron chi connectivity index (χ3n) is 3.04. The largest absolute Gasteiger partial charge is 0.368 e. The van der Waals surface area contributed by atoms with Crippen LogP contribution in [0.4, 0.5) is 11.4 Å². The third kappa shape index (κ3) is 2.11. The van der Waals surface area contributed by atoms with Gasteiger partial charge in [-0.1, -0.05) is 17.7 Å². The summed E-state index contributed by atoms with van der Waals surface area (Å²) in [5, 5.41) is 11.1. The van der Waals surface area contributed by atoms with Gasteiger partial charge in [0.2, 0.25) is 5.91 Å². The Bertz CT molecular complexity index is 506. The zero-order valence-corrected chi connectivity index (χ0v) is 10.3. The first kappa shape index (κ1) is 12.6. The predicted molar refractivity (Wildman–Crippen MR) is 67.7 cm³/mol. The molecule has 0 aliphatic carbocycles. The Morgan fingerprint density at radius 2 is 2.28 bits per heavy atom. The van der Waals surface area contributed by atoms with E-state index < -0.39 is 16.9 Å². The number of amides is 1. The van der Waals surface area contributed by atoms with Crippen LogP contribution < -0.4 is 10.6 Å². The second-order valence-corrected chi connectivity index (χ2v) is 4.53. The molecule has 7 heteroatoms. The summed E-state index contributed by atoms with van der Waals surface area (Å²) in [5.74, 6) is -0.471. The summed E-state index contributed by atoms with van der Waals surface area (Å²) < 4.78 is 0. The number of para-hydroxylation sites is 1. The van der Waals surface area contributed by atoms with Crippen LogP contribution in [0.15, 0.2) is 18.2 Å². The molecule has 1 aliphatic rings. The van der Waals surface area contributed by atoms with E-state index in [4.69, 9.17) is 17.3 Å². The topological polar surface area (TPSA) is 89.5 Å². The number of anilines is 1. The van der Waals surface area contributed by atoms with Crippen LogP contribution in [0.5, 0.6) is 0 Å². The second kappa shape index (κ2) is 4.81. The van der Waals surface area contributed by atoms with Gasteiger partial charge in [-0.2, -0.15) is 0 Å². The standard InChI is InChI=1S/C11H12ClN3O3/c12-7-3-1-4-8(10(7)15(17)18)14-6-2-5-9(14)11(13)16/h1,3-4,9H,2,5-6H2,(H2,13,16). The van der Waals surface area contributed by atoms with E-state index in [2.05, 4.69) is 0 Å². The third-order valence-corrected chi connectivity index (χ3v) is 3.34. The predicted octanol–water partition coefficient (Wildman–Crippen LogP) is 1.70. The molecule has 1 aromatic carbocycles. The summed E-state index contributed by atoms with van der Waals surface area (Å²) in [5.41, 5.74) is 5.49. The molecule has 0 spiro atoms. The number of nitrogens with zero attached hydrogens (tertiary/aromatic N) is 2. The lowest BCUT2D eigenvalue weighted by atomic mass is 10.2. The van der Waals surface area contributed by atoms with E-state index >= 15 is 0 Å². The molecule has 6 nitrogen and oxygen atoms in total. The normalized spacial score (nSPS) is 18.9. The molecule has 1 amide bonds. The van der Waals surface area contributed by atoms with Gasteiger partial charge in [0, 0.05) is 6.54 Å². The van der Waals surface area contributed by atoms with Crippen LogP contribution in [0, 0.1) is 10.1 Å². The molecule has 0 saturated carbocycles. The summed E-state index contributed by atoms with van der Waals surface area (Å²) in [7, 11) is 0. The molecular formula is C11H12ClN3O3. The summed E-state index contributed by atoms with van der Waals surface area (Å²) in [6, 6.07) is 4.17. The van der Waals surface area contributed by atoms with Gasteiger partial charge in [0.1, 0.15) is 16.8 Å². The van der Waals surface area contributed by atoms with Gasteiger partial charge in [0.15, 0.2) is 0 Å². The molecule has 0 aromatic heterocycles. The molecule has 96 valence electrons. The van der Waals surface area contributed by atoms with Crippen molar-refractivity contribution in [1.29, 1.82) is 0 Å². The number of nitro groups is 1. The molecular weight excluding hydrogens is 258 g/mol. The Hall–Kier alpha value is -1.82. The number of nitrogens with two attached hydrogens (primary N) is 1. The summed E-state index contributed by atoms with van der Waals surface area (Å²) in [4.78, 5) is 23.5. The highest BCUT2D eigenvalue weighted by Crippen LogP contribution is 2.38. The van der Waals surface area contributed by atoms with E-state index in [1.807, 2.05) is 0 Å². The molecule has 18 heavy (non-hydrogen) atoms. The van der Waals surface area contributed by atoms with Gasteiger partial charge < -0.3 is 10.6 Å². The Morgan fingerprint density at radius 1 is 1.56 bits per heavy atom. The van der Waals surface area contributed by atoms with Crippen molar-refractivity contribution < 1.29 is 9.72 Å². The average Bonchev–Trinajstić information content (AvgIpc) is 2.76. The van der Waals surface area contributed by atoms with Gasteiger partial charge in [0.05, 0.1) is 4.92 Å². The number of carbonyl (C=O) groups is 1. The number of carbonyl (C=O) groups excluding carboxylic acids is 1. The van der Waals surface area contributed by atoms with Crippen LogP contribution >= 0.6 is 11.6 Å². The zero-order chi connectivity index (χ0) is 13.3. The maximum Gasteiger partial charge on any atom is 0.310 e. The van der Waals surface area contributed by atoms with E-state index in [-0.39, 0.29) is 10.7 Å². The number of rotatable bonds is 3. The summed E-state index contributed by atoms with van der Waals surface area (Å²) in [6.07, 6.45) is 1.39. The number of primary amides is 1. The highest BCUT2D eigenvalue weighted by atomic mass is 35.5. The maximum absolute atomic E-state index is 11.3. The van der Waals surface area contributed by atoms with Gasteiger partial charge >= 0.3 is 5.69 Å². The van der Waals surface area contributed by atoms with Gasteiger partial charge in [-0.15, -0.1) is 0 Å². The van der Waals surface area contributed by atoms with Crippen molar-refractivity contribution >= 4 is 28.9 Å². The molecule has 2 N–H and O–H groups in total. The van der Waals surface area contributed by atoms with E-state index in [0.717, 1.165) is 6.42 Å². The van der Waals surface area contributed by atoms with Crippen LogP contribution in [0.1, 0.15) is 12.8 Å². The average molecular weight is 270 g/mol. The molecule has 1 fully saturated rings. The van der Waals surface area contributed by atoms with Gasteiger partial charge in [-0.3, -0.25) is 14.9 Å². The first-order chi connectivity index (χ1) is 8.52. The van der Waals surface area contributed by atoms with Crippen LogP contribution in [0.3, 0.4) is 0 Å². The minimum absolute atomic E-state index is 0.0626.